The van der Waals surface area contributed by atoms with Crippen LogP contribution in [0.3, 0.4) is 0 Å². The van der Waals surface area contributed by atoms with Crippen molar-refractivity contribution in [3.8, 4) is 0 Å². The number of amides is 1. The van der Waals surface area contributed by atoms with Gasteiger partial charge in [-0.15, -0.1) is 0 Å². The van der Waals surface area contributed by atoms with Crippen molar-refractivity contribution in [3.05, 3.63) is 108 Å². The molecule has 0 spiro atoms. The van der Waals surface area contributed by atoms with E-state index in [1.165, 1.54) is 38.9 Å². The zero-order chi connectivity index (χ0) is 23.5. The number of nitrogens with one attached hydrogen (secondary N) is 2. The number of rotatable bonds is 6. The highest BCUT2D eigenvalue weighted by atomic mass is 35.5. The lowest BCUT2D eigenvalue weighted by atomic mass is 9.96. The van der Waals surface area contributed by atoms with Crippen LogP contribution >= 0.6 is 23.4 Å². The molecule has 5 aromatic rings. The van der Waals surface area contributed by atoms with Gasteiger partial charge in [-0.05, 0) is 75.6 Å². The first-order chi connectivity index (χ1) is 16.6. The van der Waals surface area contributed by atoms with Crippen molar-refractivity contribution in [2.24, 2.45) is 0 Å². The molecule has 0 radical (unpaired) electrons. The van der Waals surface area contributed by atoms with E-state index in [4.69, 9.17) is 11.6 Å². The Labute approximate surface area is 208 Å². The van der Waals surface area contributed by atoms with Gasteiger partial charge in [-0.1, -0.05) is 71.9 Å². The Bertz CT molecular complexity index is 1420. The molecule has 5 heteroatoms. The van der Waals surface area contributed by atoms with Crippen molar-refractivity contribution >= 4 is 62.2 Å². The predicted molar refractivity (Wildman–Crippen MR) is 145 cm³/mol. The average molecular weight is 483 g/mol. The molecule has 1 amide bonds. The Balaban J connectivity index is 1.54. The molecule has 0 fully saturated rings. The Morgan fingerprint density at radius 1 is 0.735 bits per heavy atom. The maximum atomic E-state index is 11.3. The number of benzene rings is 5. The third-order valence-corrected chi connectivity index (χ3v) is 7.11. The quantitative estimate of drug-likeness (QED) is 0.239. The topological polar surface area (TPSA) is 41.1 Å². The number of carbonyl (C=O) groups is 1. The van der Waals surface area contributed by atoms with Crippen LogP contribution in [0.1, 0.15) is 12.5 Å². The van der Waals surface area contributed by atoms with Crippen LogP contribution in [0.2, 0.25) is 5.02 Å². The fourth-order valence-electron chi connectivity index (χ4n) is 4.16. The van der Waals surface area contributed by atoms with Crippen LogP contribution in [0.15, 0.2) is 107 Å². The number of hydrogen-bond donors (Lipinski definition) is 2. The summed E-state index contributed by atoms with van der Waals surface area (Å²) in [5, 5.41) is 12.1. The minimum Gasteiger partial charge on any atom is -0.381 e. The summed E-state index contributed by atoms with van der Waals surface area (Å²) in [6.45, 7) is 2.20. The van der Waals surface area contributed by atoms with Gasteiger partial charge in [-0.3, -0.25) is 4.79 Å². The Morgan fingerprint density at radius 3 is 1.82 bits per heavy atom. The Morgan fingerprint density at radius 2 is 1.26 bits per heavy atom. The van der Waals surface area contributed by atoms with Gasteiger partial charge in [-0.25, -0.2) is 0 Å². The van der Waals surface area contributed by atoms with Crippen molar-refractivity contribution in [1.82, 2.24) is 0 Å². The van der Waals surface area contributed by atoms with Crippen LogP contribution in [0.25, 0.3) is 21.5 Å². The van der Waals surface area contributed by atoms with Gasteiger partial charge < -0.3 is 10.6 Å². The number of halogens is 1. The molecule has 0 atom stereocenters. The third-order valence-electron chi connectivity index (χ3n) is 5.70. The van der Waals surface area contributed by atoms with Gasteiger partial charge in [0.15, 0.2) is 0 Å². The van der Waals surface area contributed by atoms with Crippen molar-refractivity contribution in [2.45, 2.75) is 23.3 Å². The fourth-order valence-corrected chi connectivity index (χ4v) is 5.37. The lowest BCUT2D eigenvalue weighted by Crippen LogP contribution is -2.06. The van der Waals surface area contributed by atoms with Gasteiger partial charge in [0.2, 0.25) is 5.91 Å². The molecular weight excluding hydrogens is 460 g/mol. The van der Waals surface area contributed by atoms with Gasteiger partial charge in [0, 0.05) is 39.7 Å². The maximum absolute atomic E-state index is 11.3. The highest BCUT2D eigenvalue weighted by Gasteiger charge is 2.14. The molecule has 0 unspecified atom stereocenters. The minimum absolute atomic E-state index is 0.0739. The molecule has 5 aromatic carbocycles. The lowest BCUT2D eigenvalue weighted by Gasteiger charge is -2.17. The molecular formula is C29H23ClN2OS. The summed E-state index contributed by atoms with van der Waals surface area (Å²) in [4.78, 5) is 13.7. The number of fused-ring (bicyclic) bond motifs is 2. The van der Waals surface area contributed by atoms with Crippen LogP contribution in [0, 0.1) is 0 Å². The number of hydrogen-bond acceptors (Lipinski definition) is 3. The van der Waals surface area contributed by atoms with E-state index < -0.39 is 0 Å². The summed E-state index contributed by atoms with van der Waals surface area (Å²) in [6.07, 6.45) is 0. The zero-order valence-electron chi connectivity index (χ0n) is 18.6. The second kappa shape index (κ2) is 9.80. The second-order valence-corrected chi connectivity index (χ2v) is 9.59. The largest absolute Gasteiger partial charge is 0.381 e. The summed E-state index contributed by atoms with van der Waals surface area (Å²) >= 11 is 7.88. The normalized spacial score (nSPS) is 11.0. The smallest absolute Gasteiger partial charge is 0.221 e. The standard InChI is InChI=1S/C29H23ClN2OS/c1-19(33)32-22-14-12-21(13-15-22)31-18-28-24-6-2-4-8-26(24)29(27-9-5-3-7-25(27)28)34-23-16-10-20(30)11-17-23/h2-17,31H,18H2,1H3,(H,32,33). The Kier molecular flexibility index (Phi) is 6.43. The third kappa shape index (κ3) is 4.74. The summed E-state index contributed by atoms with van der Waals surface area (Å²) < 4.78 is 0. The molecule has 168 valence electrons. The van der Waals surface area contributed by atoms with Gasteiger partial charge in [-0.2, -0.15) is 0 Å². The van der Waals surface area contributed by atoms with Crippen LogP contribution in [-0.4, -0.2) is 5.91 Å². The molecule has 0 aromatic heterocycles. The number of anilines is 2. The summed E-state index contributed by atoms with van der Waals surface area (Å²) in [7, 11) is 0. The molecule has 0 aliphatic rings. The summed E-state index contributed by atoms with van der Waals surface area (Å²) in [6, 6.07) is 33.0. The van der Waals surface area contributed by atoms with E-state index in [0.717, 1.165) is 21.3 Å². The van der Waals surface area contributed by atoms with Crippen molar-refractivity contribution < 1.29 is 4.79 Å². The van der Waals surface area contributed by atoms with E-state index in [-0.39, 0.29) is 5.91 Å². The average Bonchev–Trinajstić information content (AvgIpc) is 2.85. The molecule has 0 saturated carbocycles. The van der Waals surface area contributed by atoms with Crippen LogP contribution in [0.4, 0.5) is 11.4 Å². The zero-order valence-corrected chi connectivity index (χ0v) is 20.2. The molecule has 34 heavy (non-hydrogen) atoms. The highest BCUT2D eigenvalue weighted by Crippen LogP contribution is 2.42. The summed E-state index contributed by atoms with van der Waals surface area (Å²) in [5.74, 6) is -0.0739. The second-order valence-electron chi connectivity index (χ2n) is 8.07. The SMILES string of the molecule is CC(=O)Nc1ccc(NCc2c3ccccc3c(Sc3ccc(Cl)cc3)c3ccccc23)cc1. The van der Waals surface area contributed by atoms with E-state index in [2.05, 4.69) is 71.3 Å². The monoisotopic (exact) mass is 482 g/mol. The maximum Gasteiger partial charge on any atom is 0.221 e. The highest BCUT2D eigenvalue weighted by molar-refractivity contribution is 7.99. The van der Waals surface area contributed by atoms with Gasteiger partial charge in [0.25, 0.3) is 0 Å². The van der Waals surface area contributed by atoms with E-state index in [9.17, 15) is 4.79 Å². The van der Waals surface area contributed by atoms with Gasteiger partial charge >= 0.3 is 0 Å². The molecule has 0 heterocycles. The van der Waals surface area contributed by atoms with Gasteiger partial charge in [0.1, 0.15) is 0 Å². The molecule has 0 aliphatic heterocycles. The van der Waals surface area contributed by atoms with E-state index in [1.54, 1.807) is 11.8 Å². The molecule has 0 saturated heterocycles. The van der Waals surface area contributed by atoms with E-state index >= 15 is 0 Å². The van der Waals surface area contributed by atoms with Gasteiger partial charge in [0.05, 0.1) is 0 Å². The van der Waals surface area contributed by atoms with E-state index in [1.807, 2.05) is 36.4 Å². The van der Waals surface area contributed by atoms with Crippen LogP contribution in [0.5, 0.6) is 0 Å². The first-order valence-electron chi connectivity index (χ1n) is 11.1. The molecule has 0 bridgehead atoms. The molecule has 2 N–H and O–H groups in total. The molecule has 5 rings (SSSR count). The fraction of sp³-hybridized carbons (Fsp3) is 0.0690. The molecule has 0 aliphatic carbocycles. The Hall–Kier alpha value is -3.47. The lowest BCUT2D eigenvalue weighted by molar-refractivity contribution is -0.114. The first-order valence-corrected chi connectivity index (χ1v) is 12.3. The van der Waals surface area contributed by atoms with Crippen LogP contribution < -0.4 is 10.6 Å². The van der Waals surface area contributed by atoms with Crippen LogP contribution in [-0.2, 0) is 11.3 Å². The molecule has 3 nitrogen and oxygen atoms in total. The van der Waals surface area contributed by atoms with Crippen molar-refractivity contribution in [2.75, 3.05) is 10.6 Å². The predicted octanol–water partition coefficient (Wildman–Crippen LogP) is 8.37. The first kappa shape index (κ1) is 22.3. The number of carbonyl (C=O) groups excluding carboxylic acids is 1. The van der Waals surface area contributed by atoms with Crippen molar-refractivity contribution in [3.63, 3.8) is 0 Å². The van der Waals surface area contributed by atoms with Crippen molar-refractivity contribution in [1.29, 1.82) is 0 Å². The van der Waals surface area contributed by atoms with E-state index in [0.29, 0.717) is 6.54 Å². The minimum atomic E-state index is -0.0739. The summed E-state index contributed by atoms with van der Waals surface area (Å²) in [5.41, 5.74) is 3.05.